The number of nitrogens with zero attached hydrogens (tertiary/aromatic N) is 3. The number of imidazole rings is 1. The van der Waals surface area contributed by atoms with Crippen molar-refractivity contribution in [3.05, 3.63) is 53.1 Å². The lowest BCUT2D eigenvalue weighted by molar-refractivity contribution is 0.0960. The normalized spacial score (nSPS) is 21.2. The van der Waals surface area contributed by atoms with Crippen LogP contribution in [0.25, 0.3) is 11.0 Å². The molecule has 2 atom stereocenters. The Kier molecular flexibility index (Phi) is 7.54. The van der Waals surface area contributed by atoms with Crippen LogP contribution in [0.3, 0.4) is 0 Å². The van der Waals surface area contributed by atoms with Crippen molar-refractivity contribution in [1.29, 1.82) is 0 Å². The van der Waals surface area contributed by atoms with Gasteiger partial charge in [0.1, 0.15) is 0 Å². The van der Waals surface area contributed by atoms with Crippen LogP contribution in [-0.2, 0) is 27.1 Å². The Hall–Kier alpha value is -2.15. The van der Waals surface area contributed by atoms with E-state index in [9.17, 15) is 26.0 Å². The monoisotopic (exact) mass is 557 g/mol. The summed E-state index contributed by atoms with van der Waals surface area (Å²) in [5.41, 5.74) is 0.768. The van der Waals surface area contributed by atoms with E-state index in [1.54, 1.807) is 12.1 Å². The Balaban J connectivity index is 1.49. The van der Waals surface area contributed by atoms with Crippen LogP contribution < -0.4 is 0 Å². The number of ether oxygens (including phenoxy) is 1. The molecule has 0 N–H and O–H groups in total. The van der Waals surface area contributed by atoms with E-state index >= 15 is 0 Å². The largest absolute Gasteiger partial charge is 0.376 e. The maximum atomic E-state index is 14.3. The lowest BCUT2D eigenvalue weighted by Gasteiger charge is -2.30. The van der Waals surface area contributed by atoms with E-state index in [1.807, 2.05) is 11.5 Å². The van der Waals surface area contributed by atoms with Gasteiger partial charge in [-0.15, -0.1) is 0 Å². The number of piperidine rings is 1. The van der Waals surface area contributed by atoms with Crippen molar-refractivity contribution < 1.29 is 30.7 Å². The molecular formula is C25H27F4N3O3S2. The van der Waals surface area contributed by atoms with Crippen LogP contribution in [0.15, 0.2) is 34.3 Å². The van der Waals surface area contributed by atoms with Gasteiger partial charge in [0.2, 0.25) is 10.0 Å². The van der Waals surface area contributed by atoms with E-state index < -0.39 is 33.3 Å². The Morgan fingerprint density at radius 1 is 1.08 bits per heavy atom. The number of aromatic nitrogens is 2. The highest BCUT2D eigenvalue weighted by Crippen LogP contribution is 2.32. The van der Waals surface area contributed by atoms with Crippen molar-refractivity contribution in [1.82, 2.24) is 13.9 Å². The van der Waals surface area contributed by atoms with Crippen molar-refractivity contribution in [2.45, 2.75) is 61.1 Å². The topological polar surface area (TPSA) is 64.4 Å². The molecule has 12 heteroatoms. The maximum absolute atomic E-state index is 14.3. The number of fused-ring (bicyclic) bond motifs is 1. The molecule has 37 heavy (non-hydrogen) atoms. The van der Waals surface area contributed by atoms with Crippen LogP contribution in [0.1, 0.15) is 38.2 Å². The second-order valence-corrected chi connectivity index (χ2v) is 12.5. The second-order valence-electron chi connectivity index (χ2n) is 9.65. The van der Waals surface area contributed by atoms with Gasteiger partial charge >= 0.3 is 0 Å². The maximum Gasteiger partial charge on any atom is 0.243 e. The molecule has 0 amide bonds. The smallest absolute Gasteiger partial charge is 0.243 e. The van der Waals surface area contributed by atoms with Gasteiger partial charge in [-0.1, -0.05) is 18.7 Å². The first-order valence-corrected chi connectivity index (χ1v) is 14.6. The SMILES string of the molecule is C[C@@H]1CCCN(S(=O)(=O)c2ccc3c(c2)nc(SCc2cc(F)c(F)c(F)c2F)n3C[C@@H]2CCCO2)C1. The predicted octanol–water partition coefficient (Wildman–Crippen LogP) is 5.48. The van der Waals surface area contributed by atoms with Crippen LogP contribution in [0, 0.1) is 29.2 Å². The molecule has 0 aliphatic carbocycles. The average molecular weight is 558 g/mol. The fourth-order valence-electron chi connectivity index (χ4n) is 4.91. The van der Waals surface area contributed by atoms with Crippen molar-refractivity contribution in [2.24, 2.45) is 5.92 Å². The van der Waals surface area contributed by atoms with Gasteiger partial charge in [0.05, 0.1) is 28.6 Å². The molecule has 2 fully saturated rings. The molecule has 2 aliphatic heterocycles. The summed E-state index contributed by atoms with van der Waals surface area (Å²) in [5, 5.41) is 0.413. The van der Waals surface area contributed by atoms with Gasteiger partial charge in [-0.2, -0.15) is 4.31 Å². The minimum absolute atomic E-state index is 0.0764. The lowest BCUT2D eigenvalue weighted by atomic mass is 10.0. The highest BCUT2D eigenvalue weighted by atomic mass is 32.2. The molecule has 0 unspecified atom stereocenters. The average Bonchev–Trinajstić information content (AvgIpc) is 3.52. The predicted molar refractivity (Wildman–Crippen MR) is 132 cm³/mol. The van der Waals surface area contributed by atoms with Crippen molar-refractivity contribution in [3.8, 4) is 0 Å². The minimum Gasteiger partial charge on any atom is -0.376 e. The summed E-state index contributed by atoms with van der Waals surface area (Å²) in [4.78, 5) is 4.74. The molecule has 5 rings (SSSR count). The quantitative estimate of drug-likeness (QED) is 0.167. The van der Waals surface area contributed by atoms with Crippen molar-refractivity contribution >= 4 is 32.8 Å². The van der Waals surface area contributed by atoms with E-state index in [0.717, 1.165) is 37.4 Å². The number of hydrogen-bond acceptors (Lipinski definition) is 5. The highest BCUT2D eigenvalue weighted by molar-refractivity contribution is 7.98. The van der Waals surface area contributed by atoms with Crippen molar-refractivity contribution in [2.75, 3.05) is 19.7 Å². The van der Waals surface area contributed by atoms with Crippen LogP contribution in [0.2, 0.25) is 0 Å². The summed E-state index contributed by atoms with van der Waals surface area (Å²) in [5.74, 6) is -6.55. The second kappa shape index (κ2) is 10.5. The molecule has 0 spiro atoms. The fraction of sp³-hybridized carbons (Fsp3) is 0.480. The summed E-state index contributed by atoms with van der Waals surface area (Å²) < 4.78 is 90.8. The van der Waals surface area contributed by atoms with Crippen LogP contribution in [0.5, 0.6) is 0 Å². The van der Waals surface area contributed by atoms with Gasteiger partial charge in [-0.05, 0) is 55.9 Å². The first-order chi connectivity index (χ1) is 17.6. The summed E-state index contributed by atoms with van der Waals surface area (Å²) in [7, 11) is -3.70. The van der Waals surface area contributed by atoms with Gasteiger partial charge in [0.25, 0.3) is 0 Å². The molecule has 3 aromatic rings. The Morgan fingerprint density at radius 3 is 2.62 bits per heavy atom. The summed E-state index contributed by atoms with van der Waals surface area (Å²) in [6.07, 6.45) is 3.47. The minimum atomic E-state index is -3.70. The summed E-state index contributed by atoms with van der Waals surface area (Å²) in [6.45, 7) is 4.03. The first-order valence-electron chi connectivity index (χ1n) is 12.2. The zero-order chi connectivity index (χ0) is 26.3. The third-order valence-electron chi connectivity index (χ3n) is 6.89. The molecule has 6 nitrogen and oxygen atoms in total. The molecule has 0 saturated carbocycles. The Morgan fingerprint density at radius 2 is 1.89 bits per heavy atom. The molecule has 3 heterocycles. The van der Waals surface area contributed by atoms with E-state index in [2.05, 4.69) is 4.98 Å². The third kappa shape index (κ3) is 5.25. The number of benzene rings is 2. The van der Waals surface area contributed by atoms with E-state index in [1.165, 1.54) is 10.4 Å². The lowest BCUT2D eigenvalue weighted by Crippen LogP contribution is -2.39. The molecule has 200 valence electrons. The molecule has 2 aliphatic rings. The third-order valence-corrected chi connectivity index (χ3v) is 9.77. The Labute approximate surface area is 217 Å². The highest BCUT2D eigenvalue weighted by Gasteiger charge is 2.30. The van der Waals surface area contributed by atoms with Crippen molar-refractivity contribution in [3.63, 3.8) is 0 Å². The first kappa shape index (κ1) is 26.5. The van der Waals surface area contributed by atoms with Gasteiger partial charge in [-0.25, -0.2) is 31.0 Å². The zero-order valence-corrected chi connectivity index (χ0v) is 21.9. The molecule has 2 aromatic carbocycles. The number of hydrogen-bond donors (Lipinski definition) is 0. The van der Waals surface area contributed by atoms with E-state index in [-0.39, 0.29) is 28.2 Å². The number of thioether (sulfide) groups is 1. The molecule has 1 aromatic heterocycles. The number of rotatable bonds is 7. The van der Waals surface area contributed by atoms with Gasteiger partial charge in [0, 0.05) is 31.0 Å². The number of sulfonamides is 1. The van der Waals surface area contributed by atoms with Gasteiger partial charge in [0.15, 0.2) is 28.4 Å². The molecule has 0 bridgehead atoms. The summed E-state index contributed by atoms with van der Waals surface area (Å²) >= 11 is 1.03. The molecule has 2 saturated heterocycles. The van der Waals surface area contributed by atoms with E-state index in [4.69, 9.17) is 4.74 Å². The van der Waals surface area contributed by atoms with Crippen LogP contribution in [0.4, 0.5) is 17.6 Å². The standard InChI is InChI=1S/C25H27F4N3O3S2/c1-15-4-2-8-31(12-15)37(33,34)18-6-7-21-20(11-18)30-25(32(21)13-17-5-3-9-35-17)36-14-16-10-19(26)23(28)24(29)22(16)27/h6-7,10-11,15,17H,2-5,8-9,12-14H2,1H3/t15-,17+/m1/s1. The van der Waals surface area contributed by atoms with E-state index in [0.29, 0.717) is 48.5 Å². The Bertz CT molecular complexity index is 1420. The van der Waals surface area contributed by atoms with Gasteiger partial charge < -0.3 is 9.30 Å². The summed E-state index contributed by atoms with van der Waals surface area (Å²) in [6, 6.07) is 5.42. The van der Waals surface area contributed by atoms with Crippen LogP contribution in [-0.4, -0.2) is 48.1 Å². The zero-order valence-electron chi connectivity index (χ0n) is 20.2. The van der Waals surface area contributed by atoms with Gasteiger partial charge in [-0.3, -0.25) is 0 Å². The van der Waals surface area contributed by atoms with Crippen LogP contribution >= 0.6 is 11.8 Å². The molecule has 0 radical (unpaired) electrons. The fourth-order valence-corrected chi connectivity index (χ4v) is 7.51. The molecular weight excluding hydrogens is 530 g/mol. The number of halogens is 4.